The molecule has 4 aromatic carbocycles. The van der Waals surface area contributed by atoms with Crippen LogP contribution in [0, 0.1) is 6.92 Å². The number of nitrogens with zero attached hydrogens (tertiary/aromatic N) is 2. The van der Waals surface area contributed by atoms with Gasteiger partial charge in [0, 0.05) is 35.6 Å². The van der Waals surface area contributed by atoms with Gasteiger partial charge < -0.3 is 4.57 Å². The molecule has 2 N–H and O–H groups in total. The predicted octanol–water partition coefficient (Wildman–Crippen LogP) is 5.56. The molecular weight excluding hydrogens is 520 g/mol. The van der Waals surface area contributed by atoms with Gasteiger partial charge in [0.2, 0.25) is 15.9 Å². The van der Waals surface area contributed by atoms with Crippen molar-refractivity contribution in [3.8, 4) is 0 Å². The monoisotopic (exact) mass is 550 g/mol. The highest BCUT2D eigenvalue weighted by Crippen LogP contribution is 2.22. The van der Waals surface area contributed by atoms with E-state index in [0.29, 0.717) is 12.1 Å². The summed E-state index contributed by atoms with van der Waals surface area (Å²) in [5.41, 5.74) is 7.33. The minimum atomic E-state index is -3.85. The number of hydrogen-bond acceptors (Lipinski definition) is 4. The Morgan fingerprint density at radius 2 is 1.52 bits per heavy atom. The molecule has 1 atom stereocenters. The first-order valence-corrected chi connectivity index (χ1v) is 14.4. The second kappa shape index (κ2) is 12.1. The number of sulfonamides is 1. The fourth-order valence-corrected chi connectivity index (χ4v) is 5.80. The van der Waals surface area contributed by atoms with Crippen molar-refractivity contribution in [3.05, 3.63) is 138 Å². The number of aromatic nitrogens is 1. The van der Waals surface area contributed by atoms with Gasteiger partial charge in [-0.3, -0.25) is 4.79 Å². The van der Waals surface area contributed by atoms with Gasteiger partial charge in [-0.1, -0.05) is 96.6 Å². The topological polar surface area (TPSA) is 92.6 Å². The molecule has 1 heterocycles. The number of benzene rings is 4. The lowest BCUT2D eigenvalue weighted by Crippen LogP contribution is -2.32. The maximum absolute atomic E-state index is 13.1. The molecule has 5 aromatic rings. The minimum absolute atomic E-state index is 0.123. The van der Waals surface area contributed by atoms with Crippen LogP contribution < -0.4 is 10.1 Å². The van der Waals surface area contributed by atoms with Gasteiger partial charge in [-0.2, -0.15) is 5.10 Å². The van der Waals surface area contributed by atoms with E-state index in [0.717, 1.165) is 22.0 Å². The molecule has 0 saturated carbocycles. The molecule has 0 spiro atoms. The van der Waals surface area contributed by atoms with Gasteiger partial charge in [0.25, 0.3) is 0 Å². The van der Waals surface area contributed by atoms with E-state index in [1.54, 1.807) is 42.6 Å². The van der Waals surface area contributed by atoms with Crippen molar-refractivity contribution in [1.29, 1.82) is 0 Å². The fourth-order valence-electron chi connectivity index (χ4n) is 4.58. The zero-order chi connectivity index (χ0) is 28.0. The Morgan fingerprint density at radius 1 is 0.875 bits per heavy atom. The molecule has 40 heavy (non-hydrogen) atoms. The van der Waals surface area contributed by atoms with Crippen LogP contribution in [0.15, 0.2) is 125 Å². The van der Waals surface area contributed by atoms with Crippen LogP contribution in [-0.2, 0) is 21.4 Å². The molecule has 202 valence electrons. The summed E-state index contributed by atoms with van der Waals surface area (Å²) in [7, 11) is -3.85. The van der Waals surface area contributed by atoms with Gasteiger partial charge in [-0.15, -0.1) is 0 Å². The smallest absolute Gasteiger partial charge is 0.242 e. The Hall–Kier alpha value is -4.53. The van der Waals surface area contributed by atoms with E-state index >= 15 is 0 Å². The van der Waals surface area contributed by atoms with Gasteiger partial charge in [-0.05, 0) is 36.2 Å². The Bertz CT molecular complexity index is 1730. The summed E-state index contributed by atoms with van der Waals surface area (Å²) in [6, 6.07) is 33.1. The van der Waals surface area contributed by atoms with E-state index in [4.69, 9.17) is 0 Å². The van der Waals surface area contributed by atoms with Crippen molar-refractivity contribution in [1.82, 2.24) is 14.7 Å². The Labute approximate surface area is 234 Å². The van der Waals surface area contributed by atoms with Gasteiger partial charge in [0.05, 0.1) is 17.2 Å². The lowest BCUT2D eigenvalue weighted by atomic mass is 10.0. The number of carbonyl (C=O) groups excluding carboxylic acids is 1. The standard InChI is InChI=1S/C32H30N4O3S/c1-24-16-18-28(19-17-24)40(38,39)35-30(26-12-6-3-7-13-26)20-32(37)34-33-21-27-23-36(22-25-10-4-2-5-11-25)31-15-9-8-14-29(27)31/h2-19,21,23,30,35H,20,22H2,1H3,(H,34,37)/b33-21-/t30-/m0/s1. The van der Waals surface area contributed by atoms with E-state index in [-0.39, 0.29) is 11.3 Å². The van der Waals surface area contributed by atoms with Crippen molar-refractivity contribution >= 4 is 33.0 Å². The van der Waals surface area contributed by atoms with Crippen LogP contribution in [0.5, 0.6) is 0 Å². The van der Waals surface area contributed by atoms with Crippen molar-refractivity contribution in [2.24, 2.45) is 5.10 Å². The summed E-state index contributed by atoms with van der Waals surface area (Å²) in [6.07, 6.45) is 3.51. The van der Waals surface area contributed by atoms with Gasteiger partial charge >= 0.3 is 0 Å². The number of fused-ring (bicyclic) bond motifs is 1. The molecule has 0 saturated heterocycles. The van der Waals surface area contributed by atoms with E-state index < -0.39 is 22.0 Å². The minimum Gasteiger partial charge on any atom is -0.342 e. The van der Waals surface area contributed by atoms with Gasteiger partial charge in [0.15, 0.2) is 0 Å². The molecular formula is C32H30N4O3S. The number of carbonyl (C=O) groups is 1. The number of rotatable bonds is 10. The number of hydrazone groups is 1. The van der Waals surface area contributed by atoms with E-state index in [1.807, 2.05) is 67.7 Å². The molecule has 0 aliphatic rings. The number of hydrogen-bond donors (Lipinski definition) is 2. The first kappa shape index (κ1) is 27.1. The van der Waals surface area contributed by atoms with Crippen molar-refractivity contribution in [3.63, 3.8) is 0 Å². The summed E-state index contributed by atoms with van der Waals surface area (Å²) in [5.74, 6) is -0.412. The van der Waals surface area contributed by atoms with Gasteiger partial charge in [-0.25, -0.2) is 18.6 Å². The number of amides is 1. The van der Waals surface area contributed by atoms with Crippen LogP contribution in [0.1, 0.15) is 34.7 Å². The normalized spacial score (nSPS) is 12.5. The maximum atomic E-state index is 13.1. The summed E-state index contributed by atoms with van der Waals surface area (Å²) < 4.78 is 31.0. The molecule has 0 radical (unpaired) electrons. The quantitative estimate of drug-likeness (QED) is 0.176. The molecule has 8 heteroatoms. The zero-order valence-electron chi connectivity index (χ0n) is 22.1. The molecule has 1 amide bonds. The third-order valence-corrected chi connectivity index (χ3v) is 8.12. The largest absolute Gasteiger partial charge is 0.342 e. The Balaban J connectivity index is 1.31. The maximum Gasteiger partial charge on any atom is 0.242 e. The third-order valence-electron chi connectivity index (χ3n) is 6.63. The van der Waals surface area contributed by atoms with Crippen LogP contribution in [0.3, 0.4) is 0 Å². The fraction of sp³-hybridized carbons (Fsp3) is 0.125. The molecule has 0 fully saturated rings. The number of aryl methyl sites for hydroxylation is 1. The van der Waals surface area contributed by atoms with E-state index in [1.165, 1.54) is 5.56 Å². The number of nitrogens with one attached hydrogen (secondary N) is 2. The Kier molecular flexibility index (Phi) is 8.19. The first-order chi connectivity index (χ1) is 19.4. The second-order valence-electron chi connectivity index (χ2n) is 9.61. The highest BCUT2D eigenvalue weighted by molar-refractivity contribution is 7.89. The lowest BCUT2D eigenvalue weighted by molar-refractivity contribution is -0.121. The van der Waals surface area contributed by atoms with Gasteiger partial charge in [0.1, 0.15) is 0 Å². The highest BCUT2D eigenvalue weighted by Gasteiger charge is 2.23. The zero-order valence-corrected chi connectivity index (χ0v) is 22.9. The highest BCUT2D eigenvalue weighted by atomic mass is 32.2. The van der Waals surface area contributed by atoms with Crippen molar-refractivity contribution in [2.75, 3.05) is 0 Å². The summed E-state index contributed by atoms with van der Waals surface area (Å²) in [6.45, 7) is 2.60. The molecule has 5 rings (SSSR count). The molecule has 1 aromatic heterocycles. The summed E-state index contributed by atoms with van der Waals surface area (Å²) in [4.78, 5) is 13.1. The van der Waals surface area contributed by atoms with Crippen LogP contribution in [0.4, 0.5) is 0 Å². The van der Waals surface area contributed by atoms with E-state index in [2.05, 4.69) is 38.0 Å². The summed E-state index contributed by atoms with van der Waals surface area (Å²) in [5, 5.41) is 5.23. The van der Waals surface area contributed by atoms with Crippen molar-refractivity contribution < 1.29 is 13.2 Å². The summed E-state index contributed by atoms with van der Waals surface area (Å²) >= 11 is 0. The van der Waals surface area contributed by atoms with Crippen LogP contribution >= 0.6 is 0 Å². The molecule has 0 bridgehead atoms. The SMILES string of the molecule is Cc1ccc(S(=O)(=O)N[C@@H](CC(=O)N/N=C\c2cn(Cc3ccccc3)c3ccccc23)c2ccccc2)cc1. The first-order valence-electron chi connectivity index (χ1n) is 13.0. The predicted molar refractivity (Wildman–Crippen MR) is 159 cm³/mol. The van der Waals surface area contributed by atoms with Crippen LogP contribution in [-0.4, -0.2) is 25.1 Å². The average Bonchev–Trinajstić information content (AvgIpc) is 3.31. The van der Waals surface area contributed by atoms with Crippen LogP contribution in [0.2, 0.25) is 0 Å². The molecule has 0 aliphatic heterocycles. The lowest BCUT2D eigenvalue weighted by Gasteiger charge is -2.18. The molecule has 7 nitrogen and oxygen atoms in total. The van der Waals surface area contributed by atoms with Crippen LogP contribution in [0.25, 0.3) is 10.9 Å². The van der Waals surface area contributed by atoms with Crippen molar-refractivity contribution in [2.45, 2.75) is 30.8 Å². The molecule has 0 aliphatic carbocycles. The Morgan fingerprint density at radius 3 is 2.25 bits per heavy atom. The van der Waals surface area contributed by atoms with E-state index in [9.17, 15) is 13.2 Å². The molecule has 0 unspecified atom stereocenters. The third kappa shape index (κ3) is 6.54. The average molecular weight is 551 g/mol. The second-order valence-corrected chi connectivity index (χ2v) is 11.3. The number of para-hydroxylation sites is 1.